The minimum Gasteiger partial charge on any atom is -0.303 e. The summed E-state index contributed by atoms with van der Waals surface area (Å²) in [6, 6.07) is 16.9. The number of hydrogen-bond acceptors (Lipinski definition) is 3. The topological polar surface area (TPSA) is 66.5 Å². The Kier molecular flexibility index (Phi) is 4.00. The van der Waals surface area contributed by atoms with Crippen molar-refractivity contribution in [1.82, 2.24) is 0 Å². The number of nitrogens with one attached hydrogen (secondary N) is 1. The second-order valence-electron chi connectivity index (χ2n) is 6.55. The molecule has 0 atom stereocenters. The molecule has 0 aromatic heterocycles. The molecule has 3 aromatic carbocycles. The van der Waals surface area contributed by atoms with Crippen LogP contribution in [0.3, 0.4) is 0 Å². The van der Waals surface area contributed by atoms with E-state index in [2.05, 4.69) is 17.4 Å². The molecule has 1 heterocycles. The lowest BCUT2D eigenvalue weighted by atomic mass is 10.0. The van der Waals surface area contributed by atoms with Crippen LogP contribution in [0.5, 0.6) is 0 Å². The van der Waals surface area contributed by atoms with Gasteiger partial charge in [-0.25, -0.2) is 8.42 Å². The van der Waals surface area contributed by atoms with Crippen molar-refractivity contribution in [3.8, 4) is 0 Å². The number of carbonyl (C=O) groups excluding carboxylic acids is 1. The summed E-state index contributed by atoms with van der Waals surface area (Å²) in [4.78, 5) is 14.7. The van der Waals surface area contributed by atoms with Gasteiger partial charge in [-0.2, -0.15) is 0 Å². The molecule has 1 amide bonds. The lowest BCUT2D eigenvalue weighted by molar-refractivity contribution is 0.0991. The van der Waals surface area contributed by atoms with Crippen LogP contribution in [-0.2, 0) is 16.6 Å². The smallest absolute Gasteiger partial charge is 0.259 e. The number of anilines is 2. The molecule has 6 heteroatoms. The Morgan fingerprint density at radius 3 is 2.63 bits per heavy atom. The highest BCUT2D eigenvalue weighted by molar-refractivity contribution is 7.95. The molecule has 1 N–H and O–H groups in total. The SMILES string of the molecule is C=CS(=O)(=O)Nc1ccc2c3c(cccc13)C(=O)N2Cc1cccc(C)c1. The quantitative estimate of drug-likeness (QED) is 0.724. The molecule has 1 aliphatic heterocycles. The van der Waals surface area contributed by atoms with Crippen LogP contribution < -0.4 is 9.62 Å². The van der Waals surface area contributed by atoms with Gasteiger partial charge >= 0.3 is 0 Å². The first kappa shape index (κ1) is 17.3. The lowest BCUT2D eigenvalue weighted by Gasteiger charge is -2.18. The van der Waals surface area contributed by atoms with E-state index in [1.54, 1.807) is 29.2 Å². The van der Waals surface area contributed by atoms with Crippen molar-refractivity contribution in [3.05, 3.63) is 83.3 Å². The van der Waals surface area contributed by atoms with Crippen LogP contribution in [0.4, 0.5) is 11.4 Å². The highest BCUT2D eigenvalue weighted by Gasteiger charge is 2.30. The van der Waals surface area contributed by atoms with Gasteiger partial charge < -0.3 is 4.90 Å². The molecule has 1 aliphatic rings. The Balaban J connectivity index is 1.82. The summed E-state index contributed by atoms with van der Waals surface area (Å²) in [6.07, 6.45) is 0. The maximum absolute atomic E-state index is 13.0. The van der Waals surface area contributed by atoms with Gasteiger partial charge in [-0.15, -0.1) is 0 Å². The maximum atomic E-state index is 13.0. The van der Waals surface area contributed by atoms with Crippen LogP contribution in [0.1, 0.15) is 21.5 Å². The summed E-state index contributed by atoms with van der Waals surface area (Å²) in [5.74, 6) is -0.0826. The normalized spacial score (nSPS) is 13.2. The molecule has 3 aromatic rings. The maximum Gasteiger partial charge on any atom is 0.259 e. The second-order valence-corrected chi connectivity index (χ2v) is 8.18. The Morgan fingerprint density at radius 2 is 1.89 bits per heavy atom. The fourth-order valence-electron chi connectivity index (χ4n) is 3.48. The zero-order chi connectivity index (χ0) is 19.2. The number of nitrogens with zero attached hydrogens (tertiary/aromatic N) is 1. The summed E-state index contributed by atoms with van der Waals surface area (Å²) >= 11 is 0. The van der Waals surface area contributed by atoms with Gasteiger partial charge in [0, 0.05) is 21.7 Å². The molecule has 0 spiro atoms. The van der Waals surface area contributed by atoms with Crippen molar-refractivity contribution in [1.29, 1.82) is 0 Å². The molecule has 0 radical (unpaired) electrons. The average Bonchev–Trinajstić information content (AvgIpc) is 2.91. The molecule has 4 rings (SSSR count). The molecule has 0 unspecified atom stereocenters. The Labute approximate surface area is 158 Å². The predicted molar refractivity (Wildman–Crippen MR) is 108 cm³/mol. The Bertz CT molecular complexity index is 1200. The molecule has 0 saturated heterocycles. The number of carbonyl (C=O) groups is 1. The first-order valence-corrected chi connectivity index (χ1v) is 10.0. The summed E-state index contributed by atoms with van der Waals surface area (Å²) in [7, 11) is -3.63. The molecular weight excluding hydrogens is 360 g/mol. The average molecular weight is 378 g/mol. The number of rotatable bonds is 5. The fourth-order valence-corrected chi connectivity index (χ4v) is 4.05. The third-order valence-electron chi connectivity index (χ3n) is 4.68. The van der Waals surface area contributed by atoms with Crippen molar-refractivity contribution in [2.45, 2.75) is 13.5 Å². The van der Waals surface area contributed by atoms with Crippen molar-refractivity contribution >= 4 is 38.1 Å². The van der Waals surface area contributed by atoms with Crippen LogP contribution in [-0.4, -0.2) is 14.3 Å². The number of sulfonamides is 1. The van der Waals surface area contributed by atoms with Gasteiger partial charge in [0.15, 0.2) is 0 Å². The third-order valence-corrected chi connectivity index (χ3v) is 5.62. The minimum atomic E-state index is -3.63. The zero-order valence-electron chi connectivity index (χ0n) is 14.8. The number of benzene rings is 3. The van der Waals surface area contributed by atoms with E-state index in [-0.39, 0.29) is 5.91 Å². The van der Waals surface area contributed by atoms with Crippen LogP contribution in [0.2, 0.25) is 0 Å². The van der Waals surface area contributed by atoms with Crippen molar-refractivity contribution < 1.29 is 13.2 Å². The van der Waals surface area contributed by atoms with Crippen molar-refractivity contribution in [3.63, 3.8) is 0 Å². The fraction of sp³-hybridized carbons (Fsp3) is 0.0952. The van der Waals surface area contributed by atoms with Gasteiger partial charge in [-0.1, -0.05) is 48.5 Å². The number of hydrogen-bond donors (Lipinski definition) is 1. The second kappa shape index (κ2) is 6.25. The van der Waals surface area contributed by atoms with Gasteiger partial charge in [0.1, 0.15) is 0 Å². The van der Waals surface area contributed by atoms with Crippen molar-refractivity contribution in [2.75, 3.05) is 9.62 Å². The standard InChI is InChI=1S/C21H18N2O3S/c1-3-27(25,26)22-18-10-11-19-20-16(18)8-5-9-17(20)21(24)23(19)13-15-7-4-6-14(2)12-15/h3-12,22H,1,13H2,2H3. The zero-order valence-corrected chi connectivity index (χ0v) is 15.6. The molecule has 0 saturated carbocycles. The van der Waals surface area contributed by atoms with Gasteiger partial charge in [-0.3, -0.25) is 9.52 Å². The largest absolute Gasteiger partial charge is 0.303 e. The number of aryl methyl sites for hydroxylation is 1. The van der Waals surface area contributed by atoms with Crippen LogP contribution >= 0.6 is 0 Å². The van der Waals surface area contributed by atoms with E-state index in [0.717, 1.165) is 27.6 Å². The molecule has 0 bridgehead atoms. The van der Waals surface area contributed by atoms with E-state index in [1.165, 1.54) is 0 Å². The first-order valence-electron chi connectivity index (χ1n) is 8.48. The molecule has 0 fully saturated rings. The molecular formula is C21H18N2O3S. The van der Waals surface area contributed by atoms with Gasteiger partial charge in [0.2, 0.25) is 0 Å². The van der Waals surface area contributed by atoms with E-state index in [0.29, 0.717) is 23.2 Å². The highest BCUT2D eigenvalue weighted by atomic mass is 32.2. The van der Waals surface area contributed by atoms with Crippen LogP contribution in [0.25, 0.3) is 10.8 Å². The lowest BCUT2D eigenvalue weighted by Crippen LogP contribution is -2.26. The predicted octanol–water partition coefficient (Wildman–Crippen LogP) is 4.19. The highest BCUT2D eigenvalue weighted by Crippen LogP contribution is 2.41. The van der Waals surface area contributed by atoms with E-state index < -0.39 is 10.0 Å². The van der Waals surface area contributed by atoms with Crippen LogP contribution in [0, 0.1) is 6.92 Å². The third kappa shape index (κ3) is 2.98. The molecule has 136 valence electrons. The summed E-state index contributed by atoms with van der Waals surface area (Å²) in [5, 5.41) is 2.32. The van der Waals surface area contributed by atoms with E-state index in [1.807, 2.05) is 31.2 Å². The summed E-state index contributed by atoms with van der Waals surface area (Å²) < 4.78 is 26.3. The Morgan fingerprint density at radius 1 is 1.11 bits per heavy atom. The van der Waals surface area contributed by atoms with Crippen LogP contribution in [0.15, 0.2) is 66.6 Å². The number of amides is 1. The van der Waals surface area contributed by atoms with E-state index >= 15 is 0 Å². The van der Waals surface area contributed by atoms with Crippen molar-refractivity contribution in [2.24, 2.45) is 0 Å². The summed E-state index contributed by atoms with van der Waals surface area (Å²) in [6.45, 7) is 5.80. The molecule has 5 nitrogen and oxygen atoms in total. The first-order chi connectivity index (χ1) is 12.9. The van der Waals surface area contributed by atoms with E-state index in [4.69, 9.17) is 0 Å². The molecule has 0 aliphatic carbocycles. The Hall–Kier alpha value is -3.12. The van der Waals surface area contributed by atoms with Gasteiger partial charge in [-0.05, 0) is 30.7 Å². The summed E-state index contributed by atoms with van der Waals surface area (Å²) in [5.41, 5.74) is 3.97. The minimum absolute atomic E-state index is 0.0826. The van der Waals surface area contributed by atoms with Gasteiger partial charge in [0.05, 0.1) is 17.9 Å². The van der Waals surface area contributed by atoms with E-state index in [9.17, 15) is 13.2 Å². The monoisotopic (exact) mass is 378 g/mol. The van der Waals surface area contributed by atoms with Gasteiger partial charge in [0.25, 0.3) is 15.9 Å². The molecule has 27 heavy (non-hydrogen) atoms.